The van der Waals surface area contributed by atoms with E-state index in [1.54, 1.807) is 0 Å². The Bertz CT molecular complexity index is 692. The van der Waals surface area contributed by atoms with Crippen LogP contribution in [0.1, 0.15) is 56.7 Å². The Morgan fingerprint density at radius 2 is 1.48 bits per heavy atom. The average Bonchev–Trinajstić information content (AvgIpc) is 2.65. The molecule has 0 aliphatic carbocycles. The van der Waals surface area contributed by atoms with E-state index in [0.29, 0.717) is 5.75 Å². The molecule has 0 N–H and O–H groups in total. The van der Waals surface area contributed by atoms with E-state index in [1.807, 2.05) is 12.1 Å². The molecule has 0 saturated carbocycles. The van der Waals surface area contributed by atoms with Gasteiger partial charge in [-0.05, 0) is 48.1 Å². The standard InChI is InChI=1S/C23H28O2/c1-5-9-18-10-12-19(13-11-18)23(7-3,8-4)20-14-16-21(17-15-20)25-22(24)6-2/h6,10-17H,2,5,7-9H2,1,3-4H3. The molecule has 0 spiro atoms. The Morgan fingerprint density at radius 1 is 0.960 bits per heavy atom. The normalized spacial score (nSPS) is 11.2. The Balaban J connectivity index is 2.35. The number of carbonyl (C=O) groups is 1. The maximum Gasteiger partial charge on any atom is 0.335 e. The van der Waals surface area contributed by atoms with Crippen molar-refractivity contribution < 1.29 is 9.53 Å². The number of hydrogen-bond acceptors (Lipinski definition) is 2. The van der Waals surface area contributed by atoms with E-state index >= 15 is 0 Å². The highest BCUT2D eigenvalue weighted by Crippen LogP contribution is 2.39. The molecule has 0 aromatic heterocycles. The maximum atomic E-state index is 11.3. The van der Waals surface area contributed by atoms with Crippen LogP contribution in [0.15, 0.2) is 61.2 Å². The largest absolute Gasteiger partial charge is 0.423 e. The molecule has 0 bridgehead atoms. The van der Waals surface area contributed by atoms with Gasteiger partial charge in [0.1, 0.15) is 5.75 Å². The summed E-state index contributed by atoms with van der Waals surface area (Å²) in [4.78, 5) is 11.3. The van der Waals surface area contributed by atoms with Gasteiger partial charge in [0.25, 0.3) is 0 Å². The van der Waals surface area contributed by atoms with Crippen molar-refractivity contribution in [2.75, 3.05) is 0 Å². The van der Waals surface area contributed by atoms with Gasteiger partial charge >= 0.3 is 5.97 Å². The fourth-order valence-electron chi connectivity index (χ4n) is 3.51. The molecule has 0 aliphatic heterocycles. The second kappa shape index (κ2) is 8.66. The molecule has 2 aromatic carbocycles. The zero-order chi connectivity index (χ0) is 18.3. The molecule has 0 aliphatic rings. The van der Waals surface area contributed by atoms with Crippen molar-refractivity contribution in [3.63, 3.8) is 0 Å². The van der Waals surface area contributed by atoms with Gasteiger partial charge in [0.15, 0.2) is 0 Å². The first-order valence-electron chi connectivity index (χ1n) is 9.13. The minimum absolute atomic E-state index is 0.0221. The first-order valence-corrected chi connectivity index (χ1v) is 9.13. The SMILES string of the molecule is C=CC(=O)Oc1ccc(C(CC)(CC)c2ccc(CCC)cc2)cc1. The van der Waals surface area contributed by atoms with Gasteiger partial charge in [0.2, 0.25) is 0 Å². The molecular formula is C23H28O2. The number of aryl methyl sites for hydroxylation is 1. The van der Waals surface area contributed by atoms with Gasteiger partial charge in [-0.1, -0.05) is 70.2 Å². The summed E-state index contributed by atoms with van der Waals surface area (Å²) >= 11 is 0. The molecule has 0 heterocycles. The summed E-state index contributed by atoms with van der Waals surface area (Å²) in [6.07, 6.45) is 5.49. The van der Waals surface area contributed by atoms with Crippen LogP contribution in [0.2, 0.25) is 0 Å². The summed E-state index contributed by atoms with van der Waals surface area (Å²) in [5.41, 5.74) is 3.96. The summed E-state index contributed by atoms with van der Waals surface area (Å²) in [6, 6.07) is 16.9. The van der Waals surface area contributed by atoms with Crippen molar-refractivity contribution in [3.05, 3.63) is 77.9 Å². The number of benzene rings is 2. The Labute approximate surface area is 151 Å². The van der Waals surface area contributed by atoms with Gasteiger partial charge in [-0.3, -0.25) is 0 Å². The lowest BCUT2D eigenvalue weighted by Gasteiger charge is -2.33. The van der Waals surface area contributed by atoms with Crippen LogP contribution in [-0.4, -0.2) is 5.97 Å². The van der Waals surface area contributed by atoms with Crippen molar-refractivity contribution in [2.24, 2.45) is 0 Å². The van der Waals surface area contributed by atoms with Crippen LogP contribution in [0.25, 0.3) is 0 Å². The highest BCUT2D eigenvalue weighted by atomic mass is 16.5. The summed E-state index contributed by atoms with van der Waals surface area (Å²) in [6.45, 7) is 10.1. The number of ether oxygens (including phenoxy) is 1. The molecule has 2 aromatic rings. The molecule has 2 nitrogen and oxygen atoms in total. The highest BCUT2D eigenvalue weighted by Gasteiger charge is 2.30. The van der Waals surface area contributed by atoms with E-state index < -0.39 is 5.97 Å². The lowest BCUT2D eigenvalue weighted by molar-refractivity contribution is -0.128. The van der Waals surface area contributed by atoms with E-state index in [0.717, 1.165) is 25.7 Å². The van der Waals surface area contributed by atoms with Crippen molar-refractivity contribution in [1.29, 1.82) is 0 Å². The number of esters is 1. The van der Waals surface area contributed by atoms with E-state index in [4.69, 9.17) is 4.74 Å². The lowest BCUT2D eigenvalue weighted by Crippen LogP contribution is -2.26. The van der Waals surface area contributed by atoms with Gasteiger partial charge in [-0.15, -0.1) is 0 Å². The molecule has 0 radical (unpaired) electrons. The zero-order valence-electron chi connectivity index (χ0n) is 15.5. The quantitative estimate of drug-likeness (QED) is 0.344. The molecule has 0 amide bonds. The van der Waals surface area contributed by atoms with Crippen LogP contribution in [0.3, 0.4) is 0 Å². The Kier molecular flexibility index (Phi) is 6.58. The van der Waals surface area contributed by atoms with E-state index in [1.165, 1.54) is 22.8 Å². The van der Waals surface area contributed by atoms with Crippen molar-refractivity contribution in [3.8, 4) is 5.75 Å². The van der Waals surface area contributed by atoms with Gasteiger partial charge in [0, 0.05) is 11.5 Å². The van der Waals surface area contributed by atoms with Crippen molar-refractivity contribution >= 4 is 5.97 Å². The van der Waals surface area contributed by atoms with Crippen LogP contribution in [0, 0.1) is 0 Å². The first-order chi connectivity index (χ1) is 12.1. The predicted molar refractivity (Wildman–Crippen MR) is 104 cm³/mol. The second-order valence-corrected chi connectivity index (χ2v) is 6.39. The van der Waals surface area contributed by atoms with Crippen LogP contribution >= 0.6 is 0 Å². The minimum Gasteiger partial charge on any atom is -0.423 e. The summed E-state index contributed by atoms with van der Waals surface area (Å²) in [7, 11) is 0. The van der Waals surface area contributed by atoms with Crippen LogP contribution < -0.4 is 4.74 Å². The van der Waals surface area contributed by atoms with E-state index in [-0.39, 0.29) is 5.41 Å². The Morgan fingerprint density at radius 3 is 1.92 bits per heavy atom. The third kappa shape index (κ3) is 4.19. The molecule has 0 saturated heterocycles. The molecular weight excluding hydrogens is 308 g/mol. The smallest absolute Gasteiger partial charge is 0.335 e. The molecule has 132 valence electrons. The van der Waals surface area contributed by atoms with Crippen molar-refractivity contribution in [1.82, 2.24) is 0 Å². The molecule has 0 atom stereocenters. The second-order valence-electron chi connectivity index (χ2n) is 6.39. The number of rotatable bonds is 8. The average molecular weight is 336 g/mol. The topological polar surface area (TPSA) is 26.3 Å². The molecule has 2 heteroatoms. The molecule has 0 fully saturated rings. The summed E-state index contributed by atoms with van der Waals surface area (Å²) < 4.78 is 5.19. The predicted octanol–water partition coefficient (Wildman–Crippen LogP) is 5.84. The van der Waals surface area contributed by atoms with Crippen LogP contribution in [-0.2, 0) is 16.6 Å². The third-order valence-corrected chi connectivity index (χ3v) is 5.04. The van der Waals surface area contributed by atoms with E-state index in [2.05, 4.69) is 63.7 Å². The van der Waals surface area contributed by atoms with Gasteiger partial charge in [-0.25, -0.2) is 4.79 Å². The fraction of sp³-hybridized carbons (Fsp3) is 0.348. The molecule has 2 rings (SSSR count). The van der Waals surface area contributed by atoms with Crippen LogP contribution in [0.4, 0.5) is 0 Å². The van der Waals surface area contributed by atoms with Gasteiger partial charge < -0.3 is 4.74 Å². The number of carbonyl (C=O) groups excluding carboxylic acids is 1. The number of hydrogen-bond donors (Lipinski definition) is 0. The summed E-state index contributed by atoms with van der Waals surface area (Å²) in [5.74, 6) is 0.115. The third-order valence-electron chi connectivity index (χ3n) is 5.04. The fourth-order valence-corrected chi connectivity index (χ4v) is 3.51. The summed E-state index contributed by atoms with van der Waals surface area (Å²) in [5, 5.41) is 0. The monoisotopic (exact) mass is 336 g/mol. The van der Waals surface area contributed by atoms with Gasteiger partial charge in [-0.2, -0.15) is 0 Å². The lowest BCUT2D eigenvalue weighted by atomic mass is 9.70. The minimum atomic E-state index is -0.434. The van der Waals surface area contributed by atoms with Crippen LogP contribution in [0.5, 0.6) is 5.75 Å². The van der Waals surface area contributed by atoms with Crippen molar-refractivity contribution in [2.45, 2.75) is 51.9 Å². The highest BCUT2D eigenvalue weighted by molar-refractivity contribution is 5.83. The first kappa shape index (κ1) is 19.0. The van der Waals surface area contributed by atoms with Gasteiger partial charge in [0.05, 0.1) is 0 Å². The van der Waals surface area contributed by atoms with E-state index in [9.17, 15) is 4.79 Å². The molecule has 0 unspecified atom stereocenters. The Hall–Kier alpha value is -2.35. The zero-order valence-corrected chi connectivity index (χ0v) is 15.5. The maximum absolute atomic E-state index is 11.3. The molecule has 25 heavy (non-hydrogen) atoms.